The summed E-state index contributed by atoms with van der Waals surface area (Å²) in [6, 6.07) is -1.30. The van der Waals surface area contributed by atoms with Crippen molar-refractivity contribution in [2.45, 2.75) is 75.1 Å². The molecule has 0 aliphatic carbocycles. The Bertz CT molecular complexity index is 824. The second kappa shape index (κ2) is 9.45. The van der Waals surface area contributed by atoms with Crippen LogP contribution in [0.3, 0.4) is 0 Å². The van der Waals surface area contributed by atoms with Gasteiger partial charge in [-0.2, -0.15) is 0 Å². The van der Waals surface area contributed by atoms with Crippen molar-refractivity contribution in [3.8, 4) is 0 Å². The summed E-state index contributed by atoms with van der Waals surface area (Å²) in [6.07, 6.45) is 4.68. The number of aliphatic hydroxyl groups is 1. The molecular weight excluding hydrogens is 440 g/mol. The maximum absolute atomic E-state index is 14.2. The zero-order valence-electron chi connectivity index (χ0n) is 20.5. The lowest BCUT2D eigenvalue weighted by molar-refractivity contribution is -0.154. The highest BCUT2D eigenvalue weighted by Crippen LogP contribution is 2.69. The third-order valence-electron chi connectivity index (χ3n) is 7.38. The molecule has 2 amide bonds. The molecule has 8 heteroatoms. The summed E-state index contributed by atoms with van der Waals surface area (Å²) in [5.74, 6) is -1.91. The first-order valence-corrected chi connectivity index (χ1v) is 12.7. The van der Waals surface area contributed by atoms with Crippen LogP contribution in [-0.4, -0.2) is 80.1 Å². The van der Waals surface area contributed by atoms with E-state index in [1.807, 2.05) is 20.8 Å². The van der Waals surface area contributed by atoms with Crippen molar-refractivity contribution in [2.75, 3.05) is 19.8 Å². The molecule has 3 aliphatic heterocycles. The van der Waals surface area contributed by atoms with Gasteiger partial charge in [-0.3, -0.25) is 14.4 Å². The number of amides is 2. The summed E-state index contributed by atoms with van der Waals surface area (Å²) in [5, 5.41) is 9.93. The van der Waals surface area contributed by atoms with Crippen molar-refractivity contribution in [1.82, 2.24) is 9.80 Å². The number of likely N-dealkylation sites (tertiary alicyclic amines) is 1. The first kappa shape index (κ1) is 25.8. The first-order chi connectivity index (χ1) is 15.5. The second-order valence-electron chi connectivity index (χ2n) is 10.5. The molecule has 3 rings (SSSR count). The van der Waals surface area contributed by atoms with Gasteiger partial charge in [0.15, 0.2) is 0 Å². The number of hydrogen-bond donors (Lipinski definition) is 1. The molecule has 7 atom stereocenters. The van der Waals surface area contributed by atoms with E-state index in [0.29, 0.717) is 13.0 Å². The SMILES string of the molecule is C=CCCOC(=O)[C@@H]1[C@@H]2CC(C)C3(S2)C(C(=O)N(CC=C)C(C)(C)C)N([C@H](C)CO)C(=O)[C@H]13. The Labute approximate surface area is 201 Å². The van der Waals surface area contributed by atoms with Crippen LogP contribution in [0.1, 0.15) is 47.5 Å². The Morgan fingerprint density at radius 3 is 2.58 bits per heavy atom. The van der Waals surface area contributed by atoms with Crippen LogP contribution in [0.2, 0.25) is 0 Å². The highest BCUT2D eigenvalue weighted by atomic mass is 32.2. The summed E-state index contributed by atoms with van der Waals surface area (Å²) in [5.41, 5.74) is -0.481. The van der Waals surface area contributed by atoms with Crippen LogP contribution < -0.4 is 0 Å². The third-order valence-corrected chi connectivity index (χ3v) is 9.46. The van der Waals surface area contributed by atoms with E-state index in [1.165, 1.54) is 0 Å². The molecule has 3 fully saturated rings. The van der Waals surface area contributed by atoms with Crippen molar-refractivity contribution >= 4 is 29.5 Å². The van der Waals surface area contributed by atoms with Gasteiger partial charge in [0.1, 0.15) is 6.04 Å². The van der Waals surface area contributed by atoms with Crippen LogP contribution in [0.15, 0.2) is 25.3 Å². The Kier molecular flexibility index (Phi) is 7.39. The Balaban J connectivity index is 2.08. The Hall–Kier alpha value is -1.80. The smallest absolute Gasteiger partial charge is 0.310 e. The summed E-state index contributed by atoms with van der Waals surface area (Å²) >= 11 is 1.61. The van der Waals surface area contributed by atoms with E-state index in [2.05, 4.69) is 20.1 Å². The number of ether oxygens (including phenoxy) is 1. The highest BCUT2D eigenvalue weighted by molar-refractivity contribution is 8.02. The van der Waals surface area contributed by atoms with Gasteiger partial charge in [-0.05, 0) is 46.5 Å². The number of carbonyl (C=O) groups is 3. The minimum absolute atomic E-state index is 0.0606. The fraction of sp³-hybridized carbons (Fsp3) is 0.720. The van der Waals surface area contributed by atoms with Crippen LogP contribution in [0.25, 0.3) is 0 Å². The van der Waals surface area contributed by atoms with E-state index >= 15 is 0 Å². The average Bonchev–Trinajstić information content (AvgIpc) is 3.34. The number of esters is 1. The first-order valence-electron chi connectivity index (χ1n) is 11.8. The maximum atomic E-state index is 14.2. The molecule has 7 nitrogen and oxygen atoms in total. The van der Waals surface area contributed by atoms with Crippen LogP contribution >= 0.6 is 11.8 Å². The Morgan fingerprint density at radius 2 is 2.03 bits per heavy atom. The van der Waals surface area contributed by atoms with E-state index in [1.54, 1.807) is 40.6 Å². The molecule has 1 N–H and O–H groups in total. The quantitative estimate of drug-likeness (QED) is 0.311. The van der Waals surface area contributed by atoms with Crippen LogP contribution in [-0.2, 0) is 19.1 Å². The summed E-state index contributed by atoms with van der Waals surface area (Å²) in [7, 11) is 0. The van der Waals surface area contributed by atoms with Gasteiger partial charge in [0.05, 0.1) is 35.8 Å². The van der Waals surface area contributed by atoms with Gasteiger partial charge < -0.3 is 19.6 Å². The normalized spacial score (nSPS) is 33.6. The summed E-state index contributed by atoms with van der Waals surface area (Å²) in [6.45, 7) is 17.5. The van der Waals surface area contributed by atoms with Crippen LogP contribution in [0.5, 0.6) is 0 Å². The van der Waals surface area contributed by atoms with Gasteiger partial charge in [-0.1, -0.05) is 19.1 Å². The van der Waals surface area contributed by atoms with Crippen LogP contribution in [0.4, 0.5) is 0 Å². The summed E-state index contributed by atoms with van der Waals surface area (Å²) in [4.78, 5) is 44.5. The van der Waals surface area contributed by atoms with E-state index in [-0.39, 0.29) is 42.2 Å². The highest BCUT2D eigenvalue weighted by Gasteiger charge is 2.77. The van der Waals surface area contributed by atoms with Crippen molar-refractivity contribution in [3.05, 3.63) is 25.3 Å². The molecule has 0 radical (unpaired) electrons. The second-order valence-corrected chi connectivity index (χ2v) is 12.0. The van der Waals surface area contributed by atoms with Crippen molar-refractivity contribution in [3.63, 3.8) is 0 Å². The predicted octanol–water partition coefficient (Wildman–Crippen LogP) is 2.64. The van der Waals surface area contributed by atoms with Crippen LogP contribution in [0, 0.1) is 17.8 Å². The standard InChI is InChI=1S/C25H38N2O5S/c1-8-10-12-32-23(31)18-17-13-15(3)25(33-17)19(18)21(29)27(16(4)14-28)20(25)22(30)26(11-9-2)24(5,6)7/h8-9,15-20,28H,1-2,10-14H2,3-7H3/t15?,16-,17+,18-,19+,20?,25?/m1/s1. The molecule has 3 aliphatic rings. The molecule has 1 spiro atoms. The van der Waals surface area contributed by atoms with E-state index in [4.69, 9.17) is 4.74 Å². The summed E-state index contributed by atoms with van der Waals surface area (Å²) < 4.78 is 4.79. The monoisotopic (exact) mass is 478 g/mol. The number of nitrogens with zero attached hydrogens (tertiary/aromatic N) is 2. The molecule has 33 heavy (non-hydrogen) atoms. The fourth-order valence-electron chi connectivity index (χ4n) is 5.88. The minimum atomic E-state index is -0.757. The van der Waals surface area contributed by atoms with Gasteiger partial charge in [0, 0.05) is 17.3 Å². The Morgan fingerprint density at radius 1 is 1.36 bits per heavy atom. The van der Waals surface area contributed by atoms with Crippen molar-refractivity contribution in [2.24, 2.45) is 17.8 Å². The number of thioether (sulfide) groups is 1. The molecule has 0 aromatic carbocycles. The minimum Gasteiger partial charge on any atom is -0.465 e. The third kappa shape index (κ3) is 4.03. The fourth-order valence-corrected chi connectivity index (χ4v) is 8.27. The van der Waals surface area contributed by atoms with Crippen molar-refractivity contribution in [1.29, 1.82) is 0 Å². The van der Waals surface area contributed by atoms with Gasteiger partial charge >= 0.3 is 5.97 Å². The van der Waals surface area contributed by atoms with E-state index < -0.39 is 34.2 Å². The molecule has 0 aromatic heterocycles. The lowest BCUT2D eigenvalue weighted by atomic mass is 9.66. The van der Waals surface area contributed by atoms with Gasteiger partial charge in [-0.15, -0.1) is 24.9 Å². The molecule has 3 saturated heterocycles. The molecule has 3 unspecified atom stereocenters. The van der Waals surface area contributed by atoms with Gasteiger partial charge in [-0.25, -0.2) is 0 Å². The van der Waals surface area contributed by atoms with Gasteiger partial charge in [0.2, 0.25) is 11.8 Å². The van der Waals surface area contributed by atoms with Gasteiger partial charge in [0.25, 0.3) is 0 Å². The van der Waals surface area contributed by atoms with Crippen molar-refractivity contribution < 1.29 is 24.2 Å². The molecular formula is C25H38N2O5S. The average molecular weight is 479 g/mol. The number of rotatable bonds is 9. The lowest BCUT2D eigenvalue weighted by Crippen LogP contribution is -2.61. The molecule has 2 bridgehead atoms. The molecule has 3 heterocycles. The number of hydrogen-bond acceptors (Lipinski definition) is 6. The zero-order valence-corrected chi connectivity index (χ0v) is 21.3. The zero-order chi connectivity index (χ0) is 24.7. The predicted molar refractivity (Wildman–Crippen MR) is 129 cm³/mol. The topological polar surface area (TPSA) is 87.2 Å². The number of aliphatic hydroxyl groups excluding tert-OH is 1. The number of carbonyl (C=O) groups excluding carboxylic acids is 3. The molecule has 0 saturated carbocycles. The molecule has 0 aromatic rings. The largest absolute Gasteiger partial charge is 0.465 e. The van der Waals surface area contributed by atoms with E-state index in [0.717, 1.165) is 6.42 Å². The number of fused-ring (bicyclic) bond motifs is 1. The lowest BCUT2D eigenvalue weighted by Gasteiger charge is -2.44. The maximum Gasteiger partial charge on any atom is 0.310 e. The molecule has 184 valence electrons. The van der Waals surface area contributed by atoms with E-state index in [9.17, 15) is 19.5 Å².